The second kappa shape index (κ2) is 10.7. The number of ether oxygens (including phenoxy) is 2. The lowest BCUT2D eigenvalue weighted by atomic mass is 9.85. The van der Waals surface area contributed by atoms with Crippen LogP contribution in [0, 0.1) is 5.92 Å². The molecule has 32 heavy (non-hydrogen) atoms. The number of amides is 3. The minimum atomic E-state index is -3.13. The van der Waals surface area contributed by atoms with Gasteiger partial charge in [-0.05, 0) is 37.4 Å². The summed E-state index contributed by atoms with van der Waals surface area (Å²) in [5.41, 5.74) is 5.80. The van der Waals surface area contributed by atoms with Gasteiger partial charge in [0.15, 0.2) is 11.8 Å². The first-order valence-corrected chi connectivity index (χ1v) is 10.6. The van der Waals surface area contributed by atoms with Crippen LogP contribution >= 0.6 is 0 Å². The van der Waals surface area contributed by atoms with Gasteiger partial charge in [-0.25, -0.2) is 0 Å². The van der Waals surface area contributed by atoms with Crippen LogP contribution in [0.15, 0.2) is 18.2 Å². The molecular formula is C21H28F2N4O5. The molecule has 2 aliphatic rings. The Kier molecular flexibility index (Phi) is 7.97. The summed E-state index contributed by atoms with van der Waals surface area (Å²) in [6.07, 6.45) is 3.21. The molecule has 1 aromatic carbocycles. The molecule has 1 atom stereocenters. The molecule has 1 aliphatic carbocycles. The molecule has 3 N–H and O–H groups in total. The molecule has 3 amide bonds. The van der Waals surface area contributed by atoms with E-state index in [4.69, 9.17) is 10.5 Å². The number of hydrogen-bond acceptors (Lipinski definition) is 6. The topological polar surface area (TPSA) is 114 Å². The Morgan fingerprint density at radius 1 is 1.38 bits per heavy atom. The Morgan fingerprint density at radius 3 is 2.69 bits per heavy atom. The first kappa shape index (κ1) is 23.9. The van der Waals surface area contributed by atoms with Gasteiger partial charge in [0.05, 0.1) is 12.3 Å². The number of morpholine rings is 1. The summed E-state index contributed by atoms with van der Waals surface area (Å²) in [7, 11) is 0. The highest BCUT2D eigenvalue weighted by molar-refractivity contribution is 6.09. The van der Waals surface area contributed by atoms with E-state index in [-0.39, 0.29) is 36.9 Å². The fourth-order valence-electron chi connectivity index (χ4n) is 3.89. The Labute approximate surface area is 184 Å². The van der Waals surface area contributed by atoms with Gasteiger partial charge in [0.25, 0.3) is 11.8 Å². The maximum absolute atomic E-state index is 13.0. The summed E-state index contributed by atoms with van der Waals surface area (Å²) in [6.45, 7) is 0.00976. The van der Waals surface area contributed by atoms with Crippen molar-refractivity contribution in [2.75, 3.05) is 43.1 Å². The van der Waals surface area contributed by atoms with Crippen LogP contribution in [-0.2, 0) is 19.1 Å². The third-order valence-electron chi connectivity index (χ3n) is 5.73. The fourth-order valence-corrected chi connectivity index (χ4v) is 3.89. The largest absolute Gasteiger partial charge is 0.433 e. The maximum atomic E-state index is 13.0. The van der Waals surface area contributed by atoms with Crippen LogP contribution in [0.25, 0.3) is 0 Å². The monoisotopic (exact) mass is 454 g/mol. The molecule has 1 heterocycles. The Balaban J connectivity index is 1.80. The number of nitrogens with one attached hydrogen (secondary N) is 1. The summed E-state index contributed by atoms with van der Waals surface area (Å²) >= 11 is 0. The van der Waals surface area contributed by atoms with Gasteiger partial charge in [-0.1, -0.05) is 13.3 Å². The van der Waals surface area contributed by atoms with Crippen LogP contribution in [0.1, 0.15) is 26.2 Å². The average molecular weight is 454 g/mol. The molecule has 1 saturated heterocycles. The quantitative estimate of drug-likeness (QED) is 0.519. The fraction of sp³-hybridized carbons (Fsp3) is 0.571. The zero-order chi connectivity index (χ0) is 23.3. The molecule has 3 rings (SSSR count). The van der Waals surface area contributed by atoms with E-state index in [9.17, 15) is 23.2 Å². The van der Waals surface area contributed by atoms with E-state index in [1.54, 1.807) is 4.90 Å². The van der Waals surface area contributed by atoms with E-state index in [1.165, 1.54) is 23.1 Å². The van der Waals surface area contributed by atoms with Crippen molar-refractivity contribution in [2.24, 2.45) is 11.7 Å². The first-order chi connectivity index (χ1) is 15.3. The number of halogens is 2. The first-order valence-electron chi connectivity index (χ1n) is 10.6. The normalized spacial score (nSPS) is 17.9. The lowest BCUT2D eigenvalue weighted by Crippen LogP contribution is -2.53. The summed E-state index contributed by atoms with van der Waals surface area (Å²) in [4.78, 5) is 40.1. The van der Waals surface area contributed by atoms with E-state index in [1.807, 2.05) is 6.92 Å². The number of anilines is 2. The van der Waals surface area contributed by atoms with Crippen LogP contribution < -0.4 is 20.7 Å². The number of carbonyl (C=O) groups is 3. The smallest absolute Gasteiger partial charge is 0.387 e. The number of likely N-dealkylation sites (N-methyl/N-ethyl adjacent to an activating group) is 1. The lowest BCUT2D eigenvalue weighted by Gasteiger charge is -2.34. The number of nitrogens with zero attached hydrogens (tertiary/aromatic N) is 2. The van der Waals surface area contributed by atoms with Crippen LogP contribution in [0.5, 0.6) is 5.75 Å². The second-order valence-electron chi connectivity index (χ2n) is 7.84. The lowest BCUT2D eigenvalue weighted by molar-refractivity contribution is -0.133. The standard InChI is InChI=1S/C21H28F2N4O5/c1-2-26(11-13-4-3-5-13)18(19(24)29)20(30)25-14-6-7-15(16(10-14)32-21(22)23)27-8-9-31-12-17(27)28/h6-7,10,13,18,21H,2-5,8-9,11-12H2,1H3,(H2,24,29)(H,25,30)/t18-/m1/s1. The molecule has 0 radical (unpaired) electrons. The molecule has 0 unspecified atom stereocenters. The van der Waals surface area contributed by atoms with Gasteiger partial charge < -0.3 is 25.4 Å². The molecule has 0 bridgehead atoms. The van der Waals surface area contributed by atoms with E-state index in [0.717, 1.165) is 19.3 Å². The third kappa shape index (κ3) is 5.71. The van der Waals surface area contributed by atoms with Gasteiger partial charge in [0, 0.05) is 24.8 Å². The van der Waals surface area contributed by atoms with Crippen LogP contribution in [0.2, 0.25) is 0 Å². The third-order valence-corrected chi connectivity index (χ3v) is 5.73. The van der Waals surface area contributed by atoms with Crippen molar-refractivity contribution in [3.05, 3.63) is 18.2 Å². The van der Waals surface area contributed by atoms with Crippen molar-refractivity contribution in [1.82, 2.24) is 4.90 Å². The van der Waals surface area contributed by atoms with E-state index in [2.05, 4.69) is 10.1 Å². The predicted octanol–water partition coefficient (Wildman–Crippen LogP) is 1.57. The number of benzene rings is 1. The molecule has 1 saturated carbocycles. The van der Waals surface area contributed by atoms with E-state index in [0.29, 0.717) is 19.0 Å². The van der Waals surface area contributed by atoms with Crippen molar-refractivity contribution >= 4 is 29.1 Å². The van der Waals surface area contributed by atoms with Gasteiger partial charge in [-0.15, -0.1) is 0 Å². The van der Waals surface area contributed by atoms with Crippen LogP contribution in [0.4, 0.5) is 20.2 Å². The van der Waals surface area contributed by atoms with Crippen molar-refractivity contribution in [3.63, 3.8) is 0 Å². The molecule has 0 spiro atoms. The average Bonchev–Trinajstić information content (AvgIpc) is 2.69. The van der Waals surface area contributed by atoms with Gasteiger partial charge in [-0.2, -0.15) is 8.78 Å². The number of primary amides is 1. The molecule has 176 valence electrons. The zero-order valence-electron chi connectivity index (χ0n) is 17.9. The SMILES string of the molecule is CCN(CC1CCC1)[C@H](C(N)=O)C(=O)Nc1ccc(N2CCOCC2=O)c(OC(F)F)c1. The van der Waals surface area contributed by atoms with Crippen molar-refractivity contribution < 1.29 is 32.6 Å². The summed E-state index contributed by atoms with van der Waals surface area (Å²) in [6, 6.07) is 2.86. The molecule has 1 aromatic rings. The summed E-state index contributed by atoms with van der Waals surface area (Å²) in [5.74, 6) is -1.69. The van der Waals surface area contributed by atoms with Crippen molar-refractivity contribution in [1.29, 1.82) is 0 Å². The van der Waals surface area contributed by atoms with E-state index < -0.39 is 30.4 Å². The maximum Gasteiger partial charge on any atom is 0.387 e. The number of hydrogen-bond donors (Lipinski definition) is 2. The Bertz CT molecular complexity index is 849. The molecule has 1 aliphatic heterocycles. The molecule has 2 fully saturated rings. The van der Waals surface area contributed by atoms with Crippen LogP contribution in [-0.4, -0.2) is 68.1 Å². The number of carbonyl (C=O) groups excluding carboxylic acids is 3. The highest BCUT2D eigenvalue weighted by Crippen LogP contribution is 2.34. The van der Waals surface area contributed by atoms with Gasteiger partial charge in [0.2, 0.25) is 5.91 Å². The number of rotatable bonds is 10. The molecule has 11 heteroatoms. The van der Waals surface area contributed by atoms with E-state index >= 15 is 0 Å². The number of nitrogens with two attached hydrogens (primary N) is 1. The Hall–Kier alpha value is -2.79. The second-order valence-corrected chi connectivity index (χ2v) is 7.84. The molecule has 0 aromatic heterocycles. The van der Waals surface area contributed by atoms with Gasteiger partial charge >= 0.3 is 6.61 Å². The minimum Gasteiger partial charge on any atom is -0.433 e. The zero-order valence-corrected chi connectivity index (χ0v) is 17.9. The summed E-state index contributed by atoms with van der Waals surface area (Å²) in [5, 5.41) is 2.57. The van der Waals surface area contributed by atoms with Crippen molar-refractivity contribution in [2.45, 2.75) is 38.8 Å². The molecule has 9 nitrogen and oxygen atoms in total. The van der Waals surface area contributed by atoms with Crippen molar-refractivity contribution in [3.8, 4) is 5.75 Å². The summed E-state index contributed by atoms with van der Waals surface area (Å²) < 4.78 is 35.7. The van der Waals surface area contributed by atoms with Gasteiger partial charge in [0.1, 0.15) is 6.61 Å². The molecular weight excluding hydrogens is 426 g/mol. The predicted molar refractivity (Wildman–Crippen MR) is 112 cm³/mol. The Morgan fingerprint density at radius 2 is 2.12 bits per heavy atom. The minimum absolute atomic E-state index is 0.140. The van der Waals surface area contributed by atoms with Crippen LogP contribution in [0.3, 0.4) is 0 Å². The number of alkyl halides is 2. The van der Waals surface area contributed by atoms with Gasteiger partial charge in [-0.3, -0.25) is 19.3 Å². The highest BCUT2D eigenvalue weighted by Gasteiger charge is 2.33. The highest BCUT2D eigenvalue weighted by atomic mass is 19.3.